The smallest absolute Gasteiger partial charge is 0.251 e. The lowest BCUT2D eigenvalue weighted by atomic mass is 10.0. The molecule has 0 heterocycles. The molecule has 0 aliphatic rings. The van der Waals surface area contributed by atoms with Crippen LogP contribution in [0.3, 0.4) is 0 Å². The van der Waals surface area contributed by atoms with Gasteiger partial charge >= 0.3 is 0 Å². The molecule has 2 aromatic rings. The number of hydrogen-bond acceptors (Lipinski definition) is 2. The fraction of sp³-hybridized carbons (Fsp3) is 0.263. The predicted molar refractivity (Wildman–Crippen MR) is 101 cm³/mol. The van der Waals surface area contributed by atoms with Crippen LogP contribution in [-0.2, 0) is 4.79 Å². The van der Waals surface area contributed by atoms with Gasteiger partial charge < -0.3 is 10.6 Å². The van der Waals surface area contributed by atoms with Crippen LogP contribution in [0.1, 0.15) is 40.9 Å². The van der Waals surface area contributed by atoms with E-state index >= 15 is 0 Å². The first kappa shape index (κ1) is 19.3. The molecule has 2 aromatic carbocycles. The summed E-state index contributed by atoms with van der Waals surface area (Å²) in [5, 5.41) is 6.18. The predicted octanol–water partition coefficient (Wildman–Crippen LogP) is 4.30. The molecule has 0 saturated heterocycles. The number of benzene rings is 2. The zero-order chi connectivity index (χ0) is 18.4. The van der Waals surface area contributed by atoms with E-state index in [0.29, 0.717) is 15.6 Å². The molecule has 1 atom stereocenters. The summed E-state index contributed by atoms with van der Waals surface area (Å²) < 4.78 is 0. The Balaban J connectivity index is 1.91. The molecule has 0 saturated carbocycles. The van der Waals surface area contributed by atoms with Crippen LogP contribution in [0, 0.1) is 6.92 Å². The molecule has 132 valence electrons. The highest BCUT2D eigenvalue weighted by atomic mass is 35.5. The number of amides is 2. The summed E-state index contributed by atoms with van der Waals surface area (Å²) in [6.45, 7) is 3.91. The van der Waals surface area contributed by atoms with E-state index in [4.69, 9.17) is 23.2 Å². The molecule has 0 fully saturated rings. The molecule has 0 aliphatic carbocycles. The lowest BCUT2D eigenvalue weighted by Gasteiger charge is -2.18. The van der Waals surface area contributed by atoms with Crippen molar-refractivity contribution in [1.29, 1.82) is 0 Å². The van der Waals surface area contributed by atoms with Gasteiger partial charge in [0.1, 0.15) is 0 Å². The van der Waals surface area contributed by atoms with Gasteiger partial charge in [-0.3, -0.25) is 9.59 Å². The number of halogens is 2. The Morgan fingerprint density at radius 3 is 2.32 bits per heavy atom. The highest BCUT2D eigenvalue weighted by molar-refractivity contribution is 6.42. The van der Waals surface area contributed by atoms with Gasteiger partial charge in [0, 0.05) is 5.56 Å². The van der Waals surface area contributed by atoms with Crippen LogP contribution in [0.15, 0.2) is 42.5 Å². The fourth-order valence-corrected chi connectivity index (χ4v) is 2.66. The molecule has 25 heavy (non-hydrogen) atoms. The van der Waals surface area contributed by atoms with E-state index < -0.39 is 0 Å². The van der Waals surface area contributed by atoms with Crippen molar-refractivity contribution >= 4 is 35.0 Å². The van der Waals surface area contributed by atoms with Crippen LogP contribution in [0.4, 0.5) is 0 Å². The lowest BCUT2D eigenvalue weighted by Crippen LogP contribution is -2.38. The molecule has 4 nitrogen and oxygen atoms in total. The van der Waals surface area contributed by atoms with E-state index in [1.54, 1.807) is 12.1 Å². The summed E-state index contributed by atoms with van der Waals surface area (Å²) in [4.78, 5) is 24.2. The van der Waals surface area contributed by atoms with Crippen LogP contribution in [-0.4, -0.2) is 18.4 Å². The van der Waals surface area contributed by atoms with E-state index in [1.165, 1.54) is 11.6 Å². The van der Waals surface area contributed by atoms with E-state index in [0.717, 1.165) is 12.0 Å². The summed E-state index contributed by atoms with van der Waals surface area (Å²) in [6.07, 6.45) is 0.759. The Morgan fingerprint density at radius 1 is 1.04 bits per heavy atom. The Morgan fingerprint density at radius 2 is 1.72 bits per heavy atom. The van der Waals surface area contributed by atoms with Gasteiger partial charge in [-0.25, -0.2) is 0 Å². The van der Waals surface area contributed by atoms with Gasteiger partial charge in [-0.1, -0.05) is 60.0 Å². The Hall–Kier alpha value is -2.04. The van der Waals surface area contributed by atoms with E-state index in [9.17, 15) is 9.59 Å². The Bertz CT molecular complexity index is 761. The monoisotopic (exact) mass is 378 g/mol. The minimum absolute atomic E-state index is 0.0880. The van der Waals surface area contributed by atoms with Crippen LogP contribution < -0.4 is 10.6 Å². The summed E-state index contributed by atoms with van der Waals surface area (Å²) in [5.74, 6) is -0.627. The quantitative estimate of drug-likeness (QED) is 0.786. The van der Waals surface area contributed by atoms with Crippen LogP contribution in [0.2, 0.25) is 10.0 Å². The first-order valence-electron chi connectivity index (χ1n) is 8.00. The third-order valence-electron chi connectivity index (χ3n) is 3.81. The van der Waals surface area contributed by atoms with Crippen molar-refractivity contribution in [2.45, 2.75) is 26.3 Å². The Labute approximate surface area is 157 Å². The van der Waals surface area contributed by atoms with Gasteiger partial charge in [0.05, 0.1) is 22.6 Å². The van der Waals surface area contributed by atoms with Crippen LogP contribution in [0.5, 0.6) is 0 Å². The third-order valence-corrected chi connectivity index (χ3v) is 4.55. The van der Waals surface area contributed by atoms with Crippen molar-refractivity contribution in [3.8, 4) is 0 Å². The first-order chi connectivity index (χ1) is 11.9. The van der Waals surface area contributed by atoms with E-state index in [-0.39, 0.29) is 24.4 Å². The average molecular weight is 379 g/mol. The SMILES string of the molecule is CC[C@@H](NC(=O)CNC(=O)c1ccc(Cl)c(Cl)c1)c1ccc(C)cc1. The lowest BCUT2D eigenvalue weighted by molar-refractivity contribution is -0.120. The van der Waals surface area contributed by atoms with Crippen molar-refractivity contribution in [2.24, 2.45) is 0 Å². The second-order valence-electron chi connectivity index (χ2n) is 5.75. The largest absolute Gasteiger partial charge is 0.348 e. The van der Waals surface area contributed by atoms with Crippen molar-refractivity contribution in [1.82, 2.24) is 10.6 Å². The van der Waals surface area contributed by atoms with Crippen LogP contribution in [0.25, 0.3) is 0 Å². The second kappa shape index (κ2) is 8.88. The number of rotatable bonds is 6. The van der Waals surface area contributed by atoms with Crippen molar-refractivity contribution in [2.75, 3.05) is 6.54 Å². The van der Waals surface area contributed by atoms with Crippen molar-refractivity contribution in [3.63, 3.8) is 0 Å². The molecule has 0 aromatic heterocycles. The number of carbonyl (C=O) groups excluding carboxylic acids is 2. The maximum atomic E-state index is 12.1. The second-order valence-corrected chi connectivity index (χ2v) is 6.56. The van der Waals surface area contributed by atoms with Gasteiger partial charge in [0.25, 0.3) is 5.91 Å². The summed E-state index contributed by atoms with van der Waals surface area (Å²) in [6, 6.07) is 12.5. The molecular formula is C19H20Cl2N2O2. The molecule has 0 bridgehead atoms. The Kier molecular flexibility index (Phi) is 6.85. The topological polar surface area (TPSA) is 58.2 Å². The van der Waals surface area contributed by atoms with E-state index in [1.807, 2.05) is 38.1 Å². The van der Waals surface area contributed by atoms with Gasteiger partial charge in [-0.15, -0.1) is 0 Å². The minimum Gasteiger partial charge on any atom is -0.348 e. The molecule has 2 rings (SSSR count). The third kappa shape index (κ3) is 5.48. The zero-order valence-electron chi connectivity index (χ0n) is 14.1. The summed E-state index contributed by atoms with van der Waals surface area (Å²) in [7, 11) is 0. The molecule has 6 heteroatoms. The highest BCUT2D eigenvalue weighted by Crippen LogP contribution is 2.22. The van der Waals surface area contributed by atoms with Crippen molar-refractivity contribution in [3.05, 3.63) is 69.2 Å². The van der Waals surface area contributed by atoms with Gasteiger partial charge in [0.15, 0.2) is 0 Å². The number of carbonyl (C=O) groups is 2. The molecular weight excluding hydrogens is 359 g/mol. The molecule has 0 unspecified atom stereocenters. The molecule has 0 aliphatic heterocycles. The molecule has 2 amide bonds. The summed E-state index contributed by atoms with van der Waals surface area (Å²) >= 11 is 11.7. The van der Waals surface area contributed by atoms with Crippen LogP contribution >= 0.6 is 23.2 Å². The molecule has 0 radical (unpaired) electrons. The number of aryl methyl sites for hydroxylation is 1. The highest BCUT2D eigenvalue weighted by Gasteiger charge is 2.14. The maximum Gasteiger partial charge on any atom is 0.251 e. The fourth-order valence-electron chi connectivity index (χ4n) is 2.37. The normalized spacial score (nSPS) is 11.7. The minimum atomic E-state index is -0.378. The van der Waals surface area contributed by atoms with Gasteiger partial charge in [-0.05, 0) is 37.1 Å². The van der Waals surface area contributed by atoms with E-state index in [2.05, 4.69) is 10.6 Å². The number of nitrogens with one attached hydrogen (secondary N) is 2. The molecule has 0 spiro atoms. The molecule has 2 N–H and O–H groups in total. The number of hydrogen-bond donors (Lipinski definition) is 2. The zero-order valence-corrected chi connectivity index (χ0v) is 15.6. The standard InChI is InChI=1S/C19H20Cl2N2O2/c1-3-17(13-6-4-12(2)5-7-13)23-18(24)11-22-19(25)14-8-9-15(20)16(21)10-14/h4-10,17H,3,11H2,1-2H3,(H,22,25)(H,23,24)/t17-/m1/s1. The van der Waals surface area contributed by atoms with Gasteiger partial charge in [-0.2, -0.15) is 0 Å². The summed E-state index contributed by atoms with van der Waals surface area (Å²) in [5.41, 5.74) is 2.56. The first-order valence-corrected chi connectivity index (χ1v) is 8.75. The van der Waals surface area contributed by atoms with Crippen molar-refractivity contribution < 1.29 is 9.59 Å². The average Bonchev–Trinajstić information content (AvgIpc) is 2.60. The maximum absolute atomic E-state index is 12.1. The van der Waals surface area contributed by atoms with Gasteiger partial charge in [0.2, 0.25) is 5.91 Å².